The average Bonchev–Trinajstić information content (AvgIpc) is 3.01. The van der Waals surface area contributed by atoms with Crippen LogP contribution in [0.2, 0.25) is 0 Å². The third-order valence-electron chi connectivity index (χ3n) is 6.15. The summed E-state index contributed by atoms with van der Waals surface area (Å²) in [5.41, 5.74) is 1.68. The molecule has 8 heteroatoms. The first-order chi connectivity index (χ1) is 14.6. The fourth-order valence-corrected chi connectivity index (χ4v) is 5.35. The molecule has 2 fully saturated rings. The lowest BCUT2D eigenvalue weighted by Crippen LogP contribution is -2.66. The molecule has 0 atom stereocenters. The van der Waals surface area contributed by atoms with Gasteiger partial charge in [-0.15, -0.1) is 0 Å². The van der Waals surface area contributed by atoms with Crippen molar-refractivity contribution in [1.29, 1.82) is 0 Å². The smallest absolute Gasteiger partial charge is 0.175 e. The SMILES string of the molecule is CC(C)(C)c1nc(N2CC3(COC3)C2)c2ccn(Cc3ccccc3S(C)(=O)=O)c2n1. The van der Waals surface area contributed by atoms with Crippen molar-refractivity contribution in [3.63, 3.8) is 0 Å². The molecule has 0 amide bonds. The van der Waals surface area contributed by atoms with Crippen LogP contribution in [0.3, 0.4) is 0 Å². The Bertz CT molecular complexity index is 1260. The van der Waals surface area contributed by atoms with Gasteiger partial charge in [0.1, 0.15) is 17.3 Å². The van der Waals surface area contributed by atoms with Gasteiger partial charge in [0.05, 0.1) is 35.5 Å². The van der Waals surface area contributed by atoms with Crippen LogP contribution in [0.25, 0.3) is 11.0 Å². The maximum absolute atomic E-state index is 12.3. The first-order valence-corrected chi connectivity index (χ1v) is 12.4. The van der Waals surface area contributed by atoms with E-state index < -0.39 is 9.84 Å². The van der Waals surface area contributed by atoms with Gasteiger partial charge in [-0.2, -0.15) is 0 Å². The molecule has 31 heavy (non-hydrogen) atoms. The lowest BCUT2D eigenvalue weighted by molar-refractivity contribution is -0.127. The van der Waals surface area contributed by atoms with Gasteiger partial charge in [-0.25, -0.2) is 18.4 Å². The van der Waals surface area contributed by atoms with Crippen LogP contribution >= 0.6 is 0 Å². The average molecular weight is 441 g/mol. The van der Waals surface area contributed by atoms with Gasteiger partial charge in [0.15, 0.2) is 9.84 Å². The zero-order valence-corrected chi connectivity index (χ0v) is 19.2. The van der Waals surface area contributed by atoms with Crippen LogP contribution in [0.5, 0.6) is 0 Å². The minimum absolute atomic E-state index is 0.204. The molecule has 4 heterocycles. The highest BCUT2D eigenvalue weighted by Crippen LogP contribution is 2.42. The molecule has 7 nitrogen and oxygen atoms in total. The van der Waals surface area contributed by atoms with E-state index in [9.17, 15) is 8.42 Å². The predicted molar refractivity (Wildman–Crippen MR) is 120 cm³/mol. The van der Waals surface area contributed by atoms with E-state index >= 15 is 0 Å². The maximum Gasteiger partial charge on any atom is 0.175 e. The zero-order chi connectivity index (χ0) is 22.0. The Labute approximate surface area is 183 Å². The summed E-state index contributed by atoms with van der Waals surface area (Å²) >= 11 is 0. The van der Waals surface area contributed by atoms with E-state index in [2.05, 4.69) is 25.7 Å². The fourth-order valence-electron chi connectivity index (χ4n) is 4.42. The van der Waals surface area contributed by atoms with Crippen molar-refractivity contribution in [2.75, 3.05) is 37.5 Å². The molecular weight excluding hydrogens is 412 g/mol. The Morgan fingerprint density at radius 1 is 1.10 bits per heavy atom. The van der Waals surface area contributed by atoms with Crippen molar-refractivity contribution in [2.45, 2.75) is 37.6 Å². The van der Waals surface area contributed by atoms with Crippen LogP contribution in [0.1, 0.15) is 32.2 Å². The maximum atomic E-state index is 12.3. The molecule has 3 aromatic rings. The predicted octanol–water partition coefficient (Wildman–Crippen LogP) is 3.02. The summed E-state index contributed by atoms with van der Waals surface area (Å²) in [6.07, 6.45) is 3.23. The van der Waals surface area contributed by atoms with E-state index in [4.69, 9.17) is 14.7 Å². The summed E-state index contributed by atoms with van der Waals surface area (Å²) in [6, 6.07) is 9.21. The summed E-state index contributed by atoms with van der Waals surface area (Å²) in [4.78, 5) is 12.6. The molecular formula is C23H28N4O3S. The van der Waals surface area contributed by atoms with Crippen LogP contribution in [0.15, 0.2) is 41.4 Å². The largest absolute Gasteiger partial charge is 0.380 e. The number of hydrogen-bond acceptors (Lipinski definition) is 6. The van der Waals surface area contributed by atoms with Gasteiger partial charge in [0.25, 0.3) is 0 Å². The molecule has 1 spiro atoms. The quantitative estimate of drug-likeness (QED) is 0.621. The number of fused-ring (bicyclic) bond motifs is 1. The highest BCUT2D eigenvalue weighted by Gasteiger charge is 2.50. The Morgan fingerprint density at radius 2 is 1.81 bits per heavy atom. The number of ether oxygens (including phenoxy) is 1. The van der Waals surface area contributed by atoms with Crippen molar-refractivity contribution >= 4 is 26.7 Å². The number of rotatable bonds is 4. The number of aromatic nitrogens is 3. The summed E-state index contributed by atoms with van der Waals surface area (Å²) < 4.78 is 32.0. The molecule has 164 valence electrons. The van der Waals surface area contributed by atoms with Crippen LogP contribution < -0.4 is 4.90 Å². The van der Waals surface area contributed by atoms with E-state index in [1.54, 1.807) is 12.1 Å². The first kappa shape index (κ1) is 20.5. The zero-order valence-electron chi connectivity index (χ0n) is 18.4. The standard InChI is InChI=1S/C23H28N4O3S/c1-22(2,3)21-24-19-17(20(25-21)27-12-23(13-27)14-30-15-23)9-10-26(19)11-16-7-5-6-8-18(16)31(4,28)29/h5-10H,11-15H2,1-4H3. The van der Waals surface area contributed by atoms with E-state index in [0.29, 0.717) is 11.4 Å². The second-order valence-corrected chi connectivity index (χ2v) is 12.0. The highest BCUT2D eigenvalue weighted by molar-refractivity contribution is 7.90. The van der Waals surface area contributed by atoms with Crippen molar-refractivity contribution in [2.24, 2.45) is 5.41 Å². The van der Waals surface area contributed by atoms with Crippen molar-refractivity contribution in [3.05, 3.63) is 47.9 Å². The molecule has 0 aliphatic carbocycles. The molecule has 0 radical (unpaired) electrons. The van der Waals surface area contributed by atoms with Crippen molar-refractivity contribution in [3.8, 4) is 0 Å². The molecule has 1 aromatic carbocycles. The molecule has 0 bridgehead atoms. The minimum Gasteiger partial charge on any atom is -0.380 e. The Morgan fingerprint density at radius 3 is 2.42 bits per heavy atom. The Kier molecular flexibility index (Phi) is 4.47. The van der Waals surface area contributed by atoms with E-state index in [1.807, 2.05) is 29.0 Å². The molecule has 2 saturated heterocycles. The summed E-state index contributed by atoms with van der Waals surface area (Å²) in [5.74, 6) is 1.75. The van der Waals surface area contributed by atoms with Gasteiger partial charge < -0.3 is 14.2 Å². The fraction of sp³-hybridized carbons (Fsp3) is 0.478. The summed E-state index contributed by atoms with van der Waals surface area (Å²) in [5, 5.41) is 1.000. The van der Waals surface area contributed by atoms with Gasteiger partial charge in [-0.05, 0) is 17.7 Å². The van der Waals surface area contributed by atoms with Gasteiger partial charge in [0, 0.05) is 31.0 Å². The van der Waals surface area contributed by atoms with Crippen LogP contribution in [-0.2, 0) is 26.5 Å². The monoisotopic (exact) mass is 440 g/mol. The Balaban J connectivity index is 1.59. The summed E-state index contributed by atoms with van der Waals surface area (Å²) in [6.45, 7) is 10.3. The lowest BCUT2D eigenvalue weighted by atomic mass is 9.78. The molecule has 2 aromatic heterocycles. The second-order valence-electron chi connectivity index (χ2n) is 10.0. The number of sulfone groups is 1. The minimum atomic E-state index is -3.31. The summed E-state index contributed by atoms with van der Waals surface area (Å²) in [7, 11) is -3.31. The molecule has 5 rings (SSSR count). The molecule has 0 N–H and O–H groups in total. The molecule has 2 aliphatic heterocycles. The number of benzene rings is 1. The van der Waals surface area contributed by atoms with Crippen LogP contribution in [0, 0.1) is 5.41 Å². The van der Waals surface area contributed by atoms with Crippen LogP contribution in [-0.4, -0.2) is 55.5 Å². The molecule has 0 saturated carbocycles. The van der Waals surface area contributed by atoms with Gasteiger partial charge in [-0.3, -0.25) is 0 Å². The van der Waals surface area contributed by atoms with E-state index in [1.165, 1.54) is 6.26 Å². The Hall–Kier alpha value is -2.45. The van der Waals surface area contributed by atoms with Crippen molar-refractivity contribution < 1.29 is 13.2 Å². The highest BCUT2D eigenvalue weighted by atomic mass is 32.2. The van der Waals surface area contributed by atoms with Crippen LogP contribution in [0.4, 0.5) is 5.82 Å². The lowest BCUT2D eigenvalue weighted by Gasteiger charge is -2.55. The van der Waals surface area contributed by atoms with Gasteiger partial charge in [0.2, 0.25) is 0 Å². The number of nitrogens with zero attached hydrogens (tertiary/aromatic N) is 4. The second kappa shape index (κ2) is 6.77. The normalized spacial score (nSPS) is 18.3. The van der Waals surface area contributed by atoms with Crippen molar-refractivity contribution in [1.82, 2.24) is 14.5 Å². The number of hydrogen-bond donors (Lipinski definition) is 0. The molecule has 2 aliphatic rings. The number of anilines is 1. The third kappa shape index (κ3) is 3.51. The first-order valence-electron chi connectivity index (χ1n) is 10.5. The topological polar surface area (TPSA) is 77.3 Å². The third-order valence-corrected chi connectivity index (χ3v) is 7.35. The van der Waals surface area contributed by atoms with Gasteiger partial charge >= 0.3 is 0 Å². The van der Waals surface area contributed by atoms with E-state index in [-0.39, 0.29) is 10.8 Å². The van der Waals surface area contributed by atoms with Gasteiger partial charge in [-0.1, -0.05) is 39.0 Å². The van der Waals surface area contributed by atoms with E-state index in [0.717, 1.165) is 54.5 Å². The molecule has 0 unspecified atom stereocenters.